The first kappa shape index (κ1) is 18.1. The second-order valence-corrected chi connectivity index (χ2v) is 8.56. The Balaban J connectivity index is 1.82. The van der Waals surface area contributed by atoms with E-state index in [4.69, 9.17) is 0 Å². The molecular weight excluding hydrogens is 382 g/mol. The van der Waals surface area contributed by atoms with Gasteiger partial charge in [0, 0.05) is 28.8 Å². The number of hydrogen-bond acceptors (Lipinski definition) is 3. The molecule has 0 atom stereocenters. The van der Waals surface area contributed by atoms with Crippen LogP contribution in [0.5, 0.6) is 0 Å². The number of halogens is 1. The normalized spacial score (nSPS) is 17.6. The van der Waals surface area contributed by atoms with Crippen LogP contribution in [-0.2, 0) is 4.79 Å². The molecule has 3 rings (SSSR count). The minimum atomic E-state index is -0.0956. The van der Waals surface area contributed by atoms with Crippen molar-refractivity contribution in [3.8, 4) is 0 Å². The van der Waals surface area contributed by atoms with E-state index < -0.39 is 0 Å². The van der Waals surface area contributed by atoms with Gasteiger partial charge in [-0.3, -0.25) is 14.5 Å². The first-order valence-corrected chi connectivity index (χ1v) is 9.39. The van der Waals surface area contributed by atoms with Crippen LogP contribution >= 0.6 is 15.9 Å². The average molecular weight is 406 g/mol. The maximum Gasteiger partial charge on any atom is 0.238 e. The Kier molecular flexibility index (Phi) is 5.02. The van der Waals surface area contributed by atoms with E-state index in [0.29, 0.717) is 17.9 Å². The summed E-state index contributed by atoms with van der Waals surface area (Å²) in [7, 11) is 0. The number of benzene rings is 1. The number of piperidine rings is 1. The summed E-state index contributed by atoms with van der Waals surface area (Å²) < 4.78 is 0.905. The number of amides is 1. The standard InChI is InChI=1S/C19H24BrN3O2/c1-12(24)17-18(14-9-13(20)5-6-15(14)21-17)22-16(25)10-23-8-4-7-19(2,3)11-23/h5-6,9,21H,4,7-8,10-11H2,1-3H3,(H,22,25). The molecule has 1 saturated heterocycles. The summed E-state index contributed by atoms with van der Waals surface area (Å²) in [4.78, 5) is 29.9. The first-order valence-electron chi connectivity index (χ1n) is 8.59. The largest absolute Gasteiger partial charge is 0.350 e. The van der Waals surface area contributed by atoms with Crippen LogP contribution in [0.15, 0.2) is 22.7 Å². The van der Waals surface area contributed by atoms with Gasteiger partial charge in [-0.1, -0.05) is 29.8 Å². The second-order valence-electron chi connectivity index (χ2n) is 7.65. The smallest absolute Gasteiger partial charge is 0.238 e. The quantitative estimate of drug-likeness (QED) is 0.749. The minimum Gasteiger partial charge on any atom is -0.350 e. The molecule has 1 aromatic heterocycles. The molecule has 1 aliphatic rings. The Labute approximate surface area is 156 Å². The lowest BCUT2D eigenvalue weighted by Crippen LogP contribution is -2.43. The highest BCUT2D eigenvalue weighted by Gasteiger charge is 2.27. The molecule has 0 radical (unpaired) electrons. The Bertz CT molecular complexity index is 825. The number of carbonyl (C=O) groups is 2. The van der Waals surface area contributed by atoms with Gasteiger partial charge in [-0.25, -0.2) is 0 Å². The van der Waals surface area contributed by atoms with Crippen LogP contribution < -0.4 is 5.32 Å². The fourth-order valence-electron chi connectivity index (χ4n) is 3.62. The van der Waals surface area contributed by atoms with Crippen LogP contribution in [0.3, 0.4) is 0 Å². The van der Waals surface area contributed by atoms with Crippen molar-refractivity contribution in [2.75, 3.05) is 25.0 Å². The highest BCUT2D eigenvalue weighted by Crippen LogP contribution is 2.31. The molecule has 0 bridgehead atoms. The zero-order valence-corrected chi connectivity index (χ0v) is 16.5. The van der Waals surface area contributed by atoms with Crippen molar-refractivity contribution in [1.29, 1.82) is 0 Å². The summed E-state index contributed by atoms with van der Waals surface area (Å²) in [6.45, 7) is 8.18. The van der Waals surface area contributed by atoms with E-state index in [9.17, 15) is 9.59 Å². The van der Waals surface area contributed by atoms with Gasteiger partial charge in [0.1, 0.15) is 5.69 Å². The summed E-state index contributed by atoms with van der Waals surface area (Å²) in [6, 6.07) is 5.72. The lowest BCUT2D eigenvalue weighted by Gasteiger charge is -2.37. The average Bonchev–Trinajstić information content (AvgIpc) is 2.84. The van der Waals surface area contributed by atoms with Crippen molar-refractivity contribution < 1.29 is 9.59 Å². The van der Waals surface area contributed by atoms with Crippen molar-refractivity contribution in [1.82, 2.24) is 9.88 Å². The summed E-state index contributed by atoms with van der Waals surface area (Å²) in [5, 5.41) is 3.80. The third-order valence-electron chi connectivity index (χ3n) is 4.72. The van der Waals surface area contributed by atoms with Crippen LogP contribution in [0.4, 0.5) is 5.69 Å². The third-order valence-corrected chi connectivity index (χ3v) is 5.22. The molecule has 2 N–H and O–H groups in total. The maximum atomic E-state index is 12.6. The van der Waals surface area contributed by atoms with E-state index >= 15 is 0 Å². The fourth-order valence-corrected chi connectivity index (χ4v) is 3.98. The van der Waals surface area contributed by atoms with E-state index in [2.05, 4.69) is 45.0 Å². The molecule has 0 unspecified atom stereocenters. The number of aromatic amines is 1. The van der Waals surface area contributed by atoms with Gasteiger partial charge in [0.15, 0.2) is 5.78 Å². The lowest BCUT2D eigenvalue weighted by molar-refractivity contribution is -0.118. The van der Waals surface area contributed by atoms with Crippen LogP contribution in [0.1, 0.15) is 44.1 Å². The number of aromatic nitrogens is 1. The van der Waals surface area contributed by atoms with Gasteiger partial charge in [-0.2, -0.15) is 0 Å². The van der Waals surface area contributed by atoms with Gasteiger partial charge in [0.05, 0.1) is 12.2 Å². The van der Waals surface area contributed by atoms with Gasteiger partial charge >= 0.3 is 0 Å². The van der Waals surface area contributed by atoms with Crippen molar-refractivity contribution in [2.45, 2.75) is 33.6 Å². The van der Waals surface area contributed by atoms with E-state index in [0.717, 1.165) is 34.9 Å². The SMILES string of the molecule is CC(=O)c1[nH]c2ccc(Br)cc2c1NC(=O)CN1CCCC(C)(C)C1. The highest BCUT2D eigenvalue weighted by molar-refractivity contribution is 9.10. The number of rotatable bonds is 4. The monoisotopic (exact) mass is 405 g/mol. The zero-order valence-electron chi connectivity index (χ0n) is 14.9. The first-order chi connectivity index (χ1) is 11.7. The van der Waals surface area contributed by atoms with E-state index in [-0.39, 0.29) is 17.1 Å². The van der Waals surface area contributed by atoms with Crippen LogP contribution in [-0.4, -0.2) is 41.2 Å². The summed E-state index contributed by atoms with van der Waals surface area (Å²) in [5.74, 6) is -0.178. The van der Waals surface area contributed by atoms with Crippen LogP contribution in [0, 0.1) is 5.41 Å². The van der Waals surface area contributed by atoms with Gasteiger partial charge < -0.3 is 10.3 Å². The molecule has 0 saturated carbocycles. The summed E-state index contributed by atoms with van der Waals surface area (Å²) in [6.07, 6.45) is 2.30. The van der Waals surface area contributed by atoms with Gasteiger partial charge in [0.2, 0.25) is 5.91 Å². The molecule has 25 heavy (non-hydrogen) atoms. The predicted octanol–water partition coefficient (Wildman–Crippen LogP) is 4.19. The molecule has 1 aliphatic heterocycles. The Morgan fingerprint density at radius 1 is 1.36 bits per heavy atom. The molecule has 0 aliphatic carbocycles. The molecule has 134 valence electrons. The molecule has 6 heteroatoms. The topological polar surface area (TPSA) is 65.2 Å². The van der Waals surface area contributed by atoms with Crippen molar-refractivity contribution in [3.63, 3.8) is 0 Å². The molecule has 5 nitrogen and oxygen atoms in total. The number of nitrogens with one attached hydrogen (secondary N) is 2. The van der Waals surface area contributed by atoms with Gasteiger partial charge in [0.25, 0.3) is 0 Å². The second kappa shape index (κ2) is 6.92. The number of fused-ring (bicyclic) bond motifs is 1. The Hall–Kier alpha value is -1.66. The molecule has 1 amide bonds. The van der Waals surface area contributed by atoms with E-state index in [1.54, 1.807) is 0 Å². The predicted molar refractivity (Wildman–Crippen MR) is 104 cm³/mol. The third kappa shape index (κ3) is 4.12. The zero-order chi connectivity index (χ0) is 18.2. The Morgan fingerprint density at radius 2 is 2.12 bits per heavy atom. The van der Waals surface area contributed by atoms with Gasteiger partial charge in [-0.05, 0) is 43.0 Å². The number of hydrogen-bond donors (Lipinski definition) is 2. The molecule has 2 heterocycles. The molecule has 1 fully saturated rings. The highest BCUT2D eigenvalue weighted by atomic mass is 79.9. The van der Waals surface area contributed by atoms with Crippen molar-refractivity contribution in [3.05, 3.63) is 28.4 Å². The molecule has 1 aromatic carbocycles. The maximum absolute atomic E-state index is 12.6. The lowest BCUT2D eigenvalue weighted by atomic mass is 9.84. The van der Waals surface area contributed by atoms with E-state index in [1.165, 1.54) is 13.3 Å². The number of carbonyl (C=O) groups excluding carboxylic acids is 2. The Morgan fingerprint density at radius 3 is 2.80 bits per heavy atom. The number of H-pyrrole nitrogens is 1. The number of nitrogens with zero attached hydrogens (tertiary/aromatic N) is 1. The molecule has 0 spiro atoms. The number of ketones is 1. The van der Waals surface area contributed by atoms with Gasteiger partial charge in [-0.15, -0.1) is 0 Å². The van der Waals surface area contributed by atoms with Crippen molar-refractivity contribution in [2.24, 2.45) is 5.41 Å². The summed E-state index contributed by atoms with van der Waals surface area (Å²) >= 11 is 3.45. The minimum absolute atomic E-state index is 0.0823. The molecule has 2 aromatic rings. The van der Waals surface area contributed by atoms with Crippen LogP contribution in [0.25, 0.3) is 10.9 Å². The van der Waals surface area contributed by atoms with Crippen molar-refractivity contribution >= 4 is 44.2 Å². The fraction of sp³-hybridized carbons (Fsp3) is 0.474. The van der Waals surface area contributed by atoms with Crippen LogP contribution in [0.2, 0.25) is 0 Å². The number of Topliss-reactive ketones (excluding diaryl/α,β-unsaturated/α-hetero) is 1. The summed E-state index contributed by atoms with van der Waals surface area (Å²) in [5.41, 5.74) is 2.10. The number of likely N-dealkylation sites (tertiary alicyclic amines) is 1. The van der Waals surface area contributed by atoms with E-state index in [1.807, 2.05) is 18.2 Å². The number of anilines is 1. The molecular formula is C19H24BrN3O2.